The number of carbonyl (C=O) groups is 2. The average molecular weight is 480 g/mol. The highest BCUT2D eigenvalue weighted by molar-refractivity contribution is 8.18. The molecule has 1 atom stereocenters. The van der Waals surface area contributed by atoms with Gasteiger partial charge in [-0.3, -0.25) is 4.79 Å². The molecular weight excluding hydrogens is 462 g/mol. The second-order valence-corrected chi connectivity index (χ2v) is 8.27. The average Bonchev–Trinajstić information content (AvgIpc) is 3.17. The molecule has 4 rings (SSSR count). The topological polar surface area (TPSA) is 88.0 Å². The van der Waals surface area contributed by atoms with Gasteiger partial charge in [0.25, 0.3) is 5.91 Å². The van der Waals surface area contributed by atoms with Crippen LogP contribution >= 0.6 is 11.8 Å². The van der Waals surface area contributed by atoms with Gasteiger partial charge in [0.2, 0.25) is 6.17 Å². The minimum atomic E-state index is -2.46. The van der Waals surface area contributed by atoms with Crippen LogP contribution in [-0.4, -0.2) is 29.3 Å². The van der Waals surface area contributed by atoms with E-state index in [1.54, 1.807) is 13.2 Å². The van der Waals surface area contributed by atoms with Gasteiger partial charge < -0.3 is 15.2 Å². The zero-order chi connectivity index (χ0) is 24.2. The van der Waals surface area contributed by atoms with E-state index < -0.39 is 23.5 Å². The first-order chi connectivity index (χ1) is 16.3. The minimum absolute atomic E-state index is 0.117. The standard InChI is InChI=1S/C25H18F2N2O4S/c1-33-18-9-6-16(7-10-18)15-4-2-14(3-5-15)12-21-23(30)29-25(34-21)28-17-8-11-19(20(26)13-17)22(27)24(31)32/h2-13,22H,1H3,(H,31,32)(H,28,29,30). The zero-order valence-corrected chi connectivity index (χ0v) is 18.6. The molecule has 1 fully saturated rings. The Morgan fingerprint density at radius 1 is 1.09 bits per heavy atom. The number of hydrogen-bond acceptors (Lipinski definition) is 5. The number of halogens is 2. The van der Waals surface area contributed by atoms with Crippen molar-refractivity contribution >= 4 is 40.6 Å². The Bertz CT molecular complexity index is 1310. The Kier molecular flexibility index (Phi) is 6.74. The van der Waals surface area contributed by atoms with Gasteiger partial charge in [-0.1, -0.05) is 42.5 Å². The number of carboxylic acid groups (broad SMARTS) is 1. The molecule has 0 bridgehead atoms. The molecule has 2 N–H and O–H groups in total. The number of rotatable bonds is 6. The summed E-state index contributed by atoms with van der Waals surface area (Å²) >= 11 is 1.08. The van der Waals surface area contributed by atoms with Crippen molar-refractivity contribution in [3.8, 4) is 16.9 Å². The van der Waals surface area contributed by atoms with Crippen molar-refractivity contribution in [2.45, 2.75) is 6.17 Å². The molecule has 9 heteroatoms. The molecule has 0 radical (unpaired) electrons. The fourth-order valence-corrected chi connectivity index (χ4v) is 4.07. The lowest BCUT2D eigenvalue weighted by Crippen LogP contribution is -2.19. The number of ether oxygens (including phenoxy) is 1. The van der Waals surface area contributed by atoms with E-state index in [1.165, 1.54) is 6.07 Å². The molecule has 6 nitrogen and oxygen atoms in total. The number of hydrogen-bond donors (Lipinski definition) is 2. The number of thioether (sulfide) groups is 1. The largest absolute Gasteiger partial charge is 0.497 e. The van der Waals surface area contributed by atoms with Crippen LogP contribution < -0.4 is 10.1 Å². The number of alkyl halides is 1. The third kappa shape index (κ3) is 5.15. The van der Waals surface area contributed by atoms with Crippen molar-refractivity contribution in [2.24, 2.45) is 4.99 Å². The number of methoxy groups -OCH3 is 1. The second kappa shape index (κ2) is 9.88. The van der Waals surface area contributed by atoms with Crippen molar-refractivity contribution in [1.29, 1.82) is 0 Å². The summed E-state index contributed by atoms with van der Waals surface area (Å²) in [6, 6.07) is 18.6. The molecule has 1 aliphatic rings. The van der Waals surface area contributed by atoms with Crippen molar-refractivity contribution < 1.29 is 28.2 Å². The summed E-state index contributed by atoms with van der Waals surface area (Å²) < 4.78 is 32.8. The van der Waals surface area contributed by atoms with Crippen LogP contribution in [-0.2, 0) is 9.59 Å². The molecule has 172 valence electrons. The maximum absolute atomic E-state index is 14.1. The van der Waals surface area contributed by atoms with Gasteiger partial charge >= 0.3 is 5.97 Å². The quantitative estimate of drug-likeness (QED) is 0.456. The predicted molar refractivity (Wildman–Crippen MR) is 127 cm³/mol. The van der Waals surface area contributed by atoms with Gasteiger partial charge in [0.15, 0.2) is 5.17 Å². The molecule has 3 aromatic rings. The summed E-state index contributed by atoms with van der Waals surface area (Å²) in [5.74, 6) is -2.38. The van der Waals surface area contributed by atoms with E-state index in [2.05, 4.69) is 10.3 Å². The van der Waals surface area contributed by atoms with E-state index >= 15 is 0 Å². The summed E-state index contributed by atoms with van der Waals surface area (Å²) in [7, 11) is 1.61. The van der Waals surface area contributed by atoms with Crippen molar-refractivity contribution in [3.05, 3.63) is 88.6 Å². The molecule has 1 heterocycles. The van der Waals surface area contributed by atoms with Crippen molar-refractivity contribution in [3.63, 3.8) is 0 Å². The monoisotopic (exact) mass is 480 g/mol. The molecule has 0 spiro atoms. The fraction of sp³-hybridized carbons (Fsp3) is 0.0800. The second-order valence-electron chi connectivity index (χ2n) is 7.24. The van der Waals surface area contributed by atoms with E-state index in [4.69, 9.17) is 9.84 Å². The minimum Gasteiger partial charge on any atom is -0.497 e. The molecule has 0 aromatic heterocycles. The van der Waals surface area contributed by atoms with Crippen LogP contribution in [0, 0.1) is 5.82 Å². The molecule has 1 amide bonds. The van der Waals surface area contributed by atoms with E-state index in [0.29, 0.717) is 4.91 Å². The molecule has 3 aromatic carbocycles. The van der Waals surface area contributed by atoms with Crippen LogP contribution in [0.3, 0.4) is 0 Å². The Hall–Kier alpha value is -3.98. The maximum Gasteiger partial charge on any atom is 0.343 e. The highest BCUT2D eigenvalue weighted by atomic mass is 32.2. The number of nitrogens with zero attached hydrogens (tertiary/aromatic N) is 1. The van der Waals surface area contributed by atoms with Gasteiger partial charge in [0.1, 0.15) is 11.6 Å². The zero-order valence-electron chi connectivity index (χ0n) is 17.8. The van der Waals surface area contributed by atoms with Gasteiger partial charge in [-0.25, -0.2) is 18.6 Å². The number of benzene rings is 3. The maximum atomic E-state index is 14.1. The Balaban J connectivity index is 1.48. The first kappa shape index (κ1) is 23.2. The number of aliphatic carboxylic acids is 1. The summed E-state index contributed by atoms with van der Waals surface area (Å²) in [4.78, 5) is 27.6. The first-order valence-electron chi connectivity index (χ1n) is 10.0. The van der Waals surface area contributed by atoms with Crippen LogP contribution in [0.5, 0.6) is 5.75 Å². The normalized spacial score (nSPS) is 16.5. The summed E-state index contributed by atoms with van der Waals surface area (Å²) in [6.07, 6.45) is -0.752. The first-order valence-corrected chi connectivity index (χ1v) is 10.9. The number of aliphatic imine (C=N–C) groups is 1. The van der Waals surface area contributed by atoms with Crippen molar-refractivity contribution in [1.82, 2.24) is 5.32 Å². The number of carbonyl (C=O) groups excluding carboxylic acids is 1. The highest BCUT2D eigenvalue weighted by Gasteiger charge is 2.25. The number of amidine groups is 1. The lowest BCUT2D eigenvalue weighted by Gasteiger charge is -2.05. The Labute approximate surface area is 198 Å². The van der Waals surface area contributed by atoms with Crippen LogP contribution in [0.15, 0.2) is 76.6 Å². The van der Waals surface area contributed by atoms with Gasteiger partial charge in [-0.2, -0.15) is 0 Å². The Morgan fingerprint density at radius 3 is 2.32 bits per heavy atom. The Morgan fingerprint density at radius 2 is 1.74 bits per heavy atom. The van der Waals surface area contributed by atoms with Gasteiger partial charge in [0.05, 0.1) is 17.7 Å². The van der Waals surface area contributed by atoms with E-state index in [1.807, 2.05) is 48.5 Å². The van der Waals surface area contributed by atoms with Gasteiger partial charge in [0, 0.05) is 5.56 Å². The van der Waals surface area contributed by atoms with Crippen LogP contribution in [0.2, 0.25) is 0 Å². The van der Waals surface area contributed by atoms with E-state index in [9.17, 15) is 18.4 Å². The number of amides is 1. The third-order valence-electron chi connectivity index (χ3n) is 4.99. The fourth-order valence-electron chi connectivity index (χ4n) is 3.23. The lowest BCUT2D eigenvalue weighted by atomic mass is 10.0. The molecule has 0 aliphatic carbocycles. The van der Waals surface area contributed by atoms with E-state index in [-0.39, 0.29) is 16.8 Å². The third-order valence-corrected chi connectivity index (χ3v) is 5.90. The van der Waals surface area contributed by atoms with Crippen LogP contribution in [0.4, 0.5) is 14.5 Å². The predicted octanol–water partition coefficient (Wildman–Crippen LogP) is 5.49. The van der Waals surface area contributed by atoms with Gasteiger partial charge in [-0.15, -0.1) is 0 Å². The van der Waals surface area contributed by atoms with Crippen LogP contribution in [0.1, 0.15) is 17.3 Å². The van der Waals surface area contributed by atoms with Crippen LogP contribution in [0.25, 0.3) is 17.2 Å². The summed E-state index contributed by atoms with van der Waals surface area (Å²) in [6.45, 7) is 0. The lowest BCUT2D eigenvalue weighted by molar-refractivity contribution is -0.143. The van der Waals surface area contributed by atoms with Gasteiger partial charge in [-0.05, 0) is 58.8 Å². The molecule has 0 saturated carbocycles. The smallest absolute Gasteiger partial charge is 0.343 e. The number of nitrogens with one attached hydrogen (secondary N) is 1. The SMILES string of the molecule is COc1ccc(-c2ccc(C=C3SC(=Nc4ccc(C(F)C(=O)O)c(F)c4)NC3=O)cc2)cc1. The number of carboxylic acids is 1. The molecule has 1 saturated heterocycles. The molecule has 34 heavy (non-hydrogen) atoms. The summed E-state index contributed by atoms with van der Waals surface area (Å²) in [5, 5.41) is 11.5. The highest BCUT2D eigenvalue weighted by Crippen LogP contribution is 2.30. The molecule has 1 unspecified atom stereocenters. The molecular formula is C25H18F2N2O4S. The van der Waals surface area contributed by atoms with E-state index in [0.717, 1.165) is 46.3 Å². The molecule has 1 aliphatic heterocycles. The van der Waals surface area contributed by atoms with Crippen molar-refractivity contribution in [2.75, 3.05) is 7.11 Å². The summed E-state index contributed by atoms with van der Waals surface area (Å²) in [5.41, 5.74) is 2.39.